The summed E-state index contributed by atoms with van der Waals surface area (Å²) in [6.45, 7) is 0.936. The monoisotopic (exact) mass is 366 g/mol. The van der Waals surface area contributed by atoms with Gasteiger partial charge in [0.2, 0.25) is 0 Å². The first-order valence-electron chi connectivity index (χ1n) is 9.90. The first-order valence-corrected chi connectivity index (χ1v) is 9.90. The minimum atomic E-state index is -0.0937. The average Bonchev–Trinajstić information content (AvgIpc) is 2.99. The fraction of sp³-hybridized carbons (Fsp3) is 0.435. The van der Waals surface area contributed by atoms with Crippen LogP contribution < -0.4 is 10.1 Å². The molecule has 1 aliphatic rings. The van der Waals surface area contributed by atoms with Gasteiger partial charge >= 0.3 is 0 Å². The second-order valence-corrected chi connectivity index (χ2v) is 7.44. The van der Waals surface area contributed by atoms with Crippen molar-refractivity contribution in [2.45, 2.75) is 51.1 Å². The van der Waals surface area contributed by atoms with Gasteiger partial charge in [-0.15, -0.1) is 0 Å². The van der Waals surface area contributed by atoms with E-state index in [9.17, 15) is 4.79 Å². The van der Waals surface area contributed by atoms with Gasteiger partial charge in [0.15, 0.2) is 0 Å². The number of ether oxygens (including phenoxy) is 1. The molecule has 0 bridgehead atoms. The van der Waals surface area contributed by atoms with Crippen LogP contribution in [0.5, 0.6) is 5.75 Å². The molecular formula is C23H30N2O2. The highest BCUT2D eigenvalue weighted by Crippen LogP contribution is 2.22. The van der Waals surface area contributed by atoms with Gasteiger partial charge in [0, 0.05) is 23.8 Å². The van der Waals surface area contributed by atoms with Gasteiger partial charge in [-0.1, -0.05) is 37.8 Å². The standard InChI is InChI=1S/C23H30N2O2/c1-25(21-7-5-3-4-6-8-21)17-18-9-11-19(12-10-18)23(26)24-20-13-15-22(27-2)16-14-20/h9-16,21H,3-8,17H2,1-2H3,(H,24,26). The van der Waals surface area contributed by atoms with Crippen LogP contribution in [0, 0.1) is 0 Å². The zero-order chi connectivity index (χ0) is 19.1. The van der Waals surface area contributed by atoms with Gasteiger partial charge in [0.1, 0.15) is 5.75 Å². The van der Waals surface area contributed by atoms with Gasteiger partial charge in [0.05, 0.1) is 7.11 Å². The number of methoxy groups -OCH3 is 1. The number of rotatable bonds is 6. The molecule has 0 atom stereocenters. The van der Waals surface area contributed by atoms with E-state index in [-0.39, 0.29) is 5.91 Å². The fourth-order valence-corrected chi connectivity index (χ4v) is 3.75. The van der Waals surface area contributed by atoms with E-state index >= 15 is 0 Å². The molecule has 1 amide bonds. The van der Waals surface area contributed by atoms with Crippen molar-refractivity contribution in [3.05, 3.63) is 59.7 Å². The summed E-state index contributed by atoms with van der Waals surface area (Å²) in [6, 6.07) is 16.0. The minimum absolute atomic E-state index is 0.0937. The summed E-state index contributed by atoms with van der Waals surface area (Å²) < 4.78 is 5.14. The smallest absolute Gasteiger partial charge is 0.255 e. The van der Waals surface area contributed by atoms with Gasteiger partial charge in [-0.3, -0.25) is 9.69 Å². The van der Waals surface area contributed by atoms with E-state index in [0.717, 1.165) is 18.0 Å². The molecular weight excluding hydrogens is 336 g/mol. The molecule has 0 aromatic heterocycles. The van der Waals surface area contributed by atoms with E-state index in [1.165, 1.54) is 44.1 Å². The summed E-state index contributed by atoms with van der Waals surface area (Å²) in [5.74, 6) is 0.680. The summed E-state index contributed by atoms with van der Waals surface area (Å²) in [6.07, 6.45) is 8.06. The molecule has 0 radical (unpaired) electrons. The molecule has 1 fully saturated rings. The van der Waals surface area contributed by atoms with E-state index in [4.69, 9.17) is 4.74 Å². The lowest BCUT2D eigenvalue weighted by Crippen LogP contribution is -2.30. The SMILES string of the molecule is COc1ccc(NC(=O)c2ccc(CN(C)C3CCCCCC3)cc2)cc1. The Morgan fingerprint density at radius 2 is 1.63 bits per heavy atom. The van der Waals surface area contributed by atoms with Crippen LogP contribution in [0.2, 0.25) is 0 Å². The number of hydrogen-bond donors (Lipinski definition) is 1. The van der Waals surface area contributed by atoms with Crippen LogP contribution in [-0.2, 0) is 6.54 Å². The maximum atomic E-state index is 12.4. The molecule has 144 valence electrons. The van der Waals surface area contributed by atoms with Gasteiger partial charge < -0.3 is 10.1 Å². The van der Waals surface area contributed by atoms with Crippen molar-refractivity contribution in [1.82, 2.24) is 4.90 Å². The molecule has 4 heteroatoms. The van der Waals surface area contributed by atoms with Crippen LogP contribution in [0.25, 0.3) is 0 Å². The lowest BCUT2D eigenvalue weighted by molar-refractivity contribution is 0.102. The molecule has 0 unspecified atom stereocenters. The third-order valence-corrected chi connectivity index (χ3v) is 5.44. The predicted octanol–water partition coefficient (Wildman–Crippen LogP) is 5.10. The number of nitrogens with zero attached hydrogens (tertiary/aromatic N) is 1. The topological polar surface area (TPSA) is 41.6 Å². The molecule has 27 heavy (non-hydrogen) atoms. The molecule has 0 heterocycles. The summed E-state index contributed by atoms with van der Waals surface area (Å²) in [5, 5.41) is 2.92. The van der Waals surface area contributed by atoms with Crippen molar-refractivity contribution < 1.29 is 9.53 Å². The molecule has 1 N–H and O–H groups in total. The Bertz CT molecular complexity index is 717. The van der Waals surface area contributed by atoms with Gasteiger partial charge in [-0.2, -0.15) is 0 Å². The van der Waals surface area contributed by atoms with Crippen LogP contribution in [0.4, 0.5) is 5.69 Å². The minimum Gasteiger partial charge on any atom is -0.497 e. The molecule has 3 rings (SSSR count). The first kappa shape index (κ1) is 19.4. The molecule has 0 aliphatic heterocycles. The highest BCUT2D eigenvalue weighted by Gasteiger charge is 2.17. The summed E-state index contributed by atoms with van der Waals surface area (Å²) in [4.78, 5) is 14.9. The zero-order valence-corrected chi connectivity index (χ0v) is 16.4. The van der Waals surface area contributed by atoms with E-state index in [1.807, 2.05) is 36.4 Å². The number of hydrogen-bond acceptors (Lipinski definition) is 3. The first-order chi connectivity index (χ1) is 13.2. The van der Waals surface area contributed by atoms with Crippen LogP contribution in [0.1, 0.15) is 54.4 Å². The number of amides is 1. The number of anilines is 1. The normalized spacial score (nSPS) is 15.4. The second kappa shape index (κ2) is 9.56. The lowest BCUT2D eigenvalue weighted by atomic mass is 10.1. The van der Waals surface area contributed by atoms with E-state index in [1.54, 1.807) is 7.11 Å². The summed E-state index contributed by atoms with van der Waals surface area (Å²) in [7, 11) is 3.85. The van der Waals surface area contributed by atoms with Crippen LogP contribution >= 0.6 is 0 Å². The Kier molecular flexibility index (Phi) is 6.88. The summed E-state index contributed by atoms with van der Waals surface area (Å²) >= 11 is 0. The van der Waals surface area contributed by atoms with Gasteiger partial charge in [-0.05, 0) is 61.9 Å². The molecule has 2 aromatic rings. The molecule has 0 saturated heterocycles. The summed E-state index contributed by atoms with van der Waals surface area (Å²) in [5.41, 5.74) is 2.69. The Balaban J connectivity index is 1.56. The third-order valence-electron chi connectivity index (χ3n) is 5.44. The van der Waals surface area contributed by atoms with Crippen LogP contribution in [0.15, 0.2) is 48.5 Å². The molecule has 4 nitrogen and oxygen atoms in total. The predicted molar refractivity (Wildman–Crippen MR) is 110 cm³/mol. The Morgan fingerprint density at radius 1 is 1.00 bits per heavy atom. The van der Waals surface area contributed by atoms with Crippen molar-refractivity contribution >= 4 is 11.6 Å². The average molecular weight is 367 g/mol. The molecule has 0 spiro atoms. The lowest BCUT2D eigenvalue weighted by Gasteiger charge is -2.27. The number of benzene rings is 2. The largest absolute Gasteiger partial charge is 0.497 e. The second-order valence-electron chi connectivity index (χ2n) is 7.44. The third kappa shape index (κ3) is 5.57. The molecule has 1 saturated carbocycles. The van der Waals surface area contributed by atoms with Gasteiger partial charge in [0.25, 0.3) is 5.91 Å². The van der Waals surface area contributed by atoms with Crippen molar-refractivity contribution in [2.75, 3.05) is 19.5 Å². The van der Waals surface area contributed by atoms with E-state index in [0.29, 0.717) is 11.6 Å². The molecule has 1 aliphatic carbocycles. The van der Waals surface area contributed by atoms with Crippen molar-refractivity contribution in [1.29, 1.82) is 0 Å². The quantitative estimate of drug-likeness (QED) is 0.723. The Morgan fingerprint density at radius 3 is 2.22 bits per heavy atom. The molecule has 2 aromatic carbocycles. The van der Waals surface area contributed by atoms with Gasteiger partial charge in [-0.25, -0.2) is 0 Å². The highest BCUT2D eigenvalue weighted by atomic mass is 16.5. The van der Waals surface area contributed by atoms with Crippen molar-refractivity contribution in [2.24, 2.45) is 0 Å². The Labute approximate surface area is 162 Å². The number of nitrogens with one attached hydrogen (secondary N) is 1. The Hall–Kier alpha value is -2.33. The number of carbonyl (C=O) groups is 1. The van der Waals surface area contributed by atoms with Crippen LogP contribution in [0.3, 0.4) is 0 Å². The van der Waals surface area contributed by atoms with Crippen LogP contribution in [-0.4, -0.2) is 31.0 Å². The van der Waals surface area contributed by atoms with E-state index < -0.39 is 0 Å². The van der Waals surface area contributed by atoms with Crippen molar-refractivity contribution in [3.63, 3.8) is 0 Å². The fourth-order valence-electron chi connectivity index (χ4n) is 3.75. The van der Waals surface area contributed by atoms with E-state index in [2.05, 4.69) is 29.4 Å². The van der Waals surface area contributed by atoms with Crippen molar-refractivity contribution in [3.8, 4) is 5.75 Å². The highest BCUT2D eigenvalue weighted by molar-refractivity contribution is 6.04. The number of carbonyl (C=O) groups excluding carboxylic acids is 1. The maximum Gasteiger partial charge on any atom is 0.255 e. The maximum absolute atomic E-state index is 12.4. The zero-order valence-electron chi connectivity index (χ0n) is 16.4.